The van der Waals surface area contributed by atoms with Crippen molar-refractivity contribution in [3.63, 3.8) is 0 Å². The number of nitrogens with two attached hydrogens (primary N) is 1. The summed E-state index contributed by atoms with van der Waals surface area (Å²) in [6.45, 7) is 10.8. The van der Waals surface area contributed by atoms with Gasteiger partial charge in [0.15, 0.2) is 0 Å². The summed E-state index contributed by atoms with van der Waals surface area (Å²) in [5, 5.41) is 3.46. The van der Waals surface area contributed by atoms with Gasteiger partial charge in [-0.3, -0.25) is 0 Å². The molecule has 0 radical (unpaired) electrons. The molecule has 0 saturated heterocycles. The highest BCUT2D eigenvalue weighted by molar-refractivity contribution is 5.32. The van der Waals surface area contributed by atoms with Crippen LogP contribution in [0.1, 0.15) is 49.8 Å². The number of aryl methyl sites for hydroxylation is 1. The quantitative estimate of drug-likeness (QED) is 0.728. The lowest BCUT2D eigenvalue weighted by atomic mass is 9.96. The first-order valence-electron chi connectivity index (χ1n) is 7.06. The van der Waals surface area contributed by atoms with Crippen molar-refractivity contribution in [2.24, 2.45) is 5.73 Å². The summed E-state index contributed by atoms with van der Waals surface area (Å²) in [6, 6.07) is 7.14. The lowest BCUT2D eigenvalue weighted by Crippen LogP contribution is -2.25. The van der Waals surface area contributed by atoms with E-state index in [2.05, 4.69) is 51.2 Å². The van der Waals surface area contributed by atoms with Gasteiger partial charge in [-0.2, -0.15) is 0 Å². The summed E-state index contributed by atoms with van der Waals surface area (Å²) in [5.41, 5.74) is 10.0. The Morgan fingerprint density at radius 3 is 2.50 bits per heavy atom. The summed E-state index contributed by atoms with van der Waals surface area (Å²) in [4.78, 5) is 0. The van der Waals surface area contributed by atoms with Gasteiger partial charge in [0.2, 0.25) is 0 Å². The fraction of sp³-hybridized carbons (Fsp3) is 0.625. The fourth-order valence-corrected chi connectivity index (χ4v) is 2.00. The lowest BCUT2D eigenvalue weighted by molar-refractivity contribution is 0.589. The third-order valence-electron chi connectivity index (χ3n) is 3.39. The number of benzene rings is 1. The molecule has 2 heteroatoms. The Morgan fingerprint density at radius 2 is 1.89 bits per heavy atom. The van der Waals surface area contributed by atoms with Crippen LogP contribution in [0.2, 0.25) is 0 Å². The molecule has 1 unspecified atom stereocenters. The summed E-state index contributed by atoms with van der Waals surface area (Å²) in [6.07, 6.45) is 2.15. The van der Waals surface area contributed by atoms with Crippen LogP contribution in [-0.4, -0.2) is 19.1 Å². The molecular weight excluding hydrogens is 220 g/mol. The van der Waals surface area contributed by atoms with Gasteiger partial charge in [0.25, 0.3) is 0 Å². The van der Waals surface area contributed by atoms with Crippen molar-refractivity contribution in [3.05, 3.63) is 34.9 Å². The maximum Gasteiger partial charge on any atom is 0.00225 e. The van der Waals surface area contributed by atoms with Crippen LogP contribution in [-0.2, 0) is 6.42 Å². The Balaban J connectivity index is 2.43. The Labute approximate surface area is 112 Å². The summed E-state index contributed by atoms with van der Waals surface area (Å²) < 4.78 is 0. The average Bonchev–Trinajstić information content (AvgIpc) is 2.30. The van der Waals surface area contributed by atoms with Gasteiger partial charge >= 0.3 is 0 Å². The van der Waals surface area contributed by atoms with Crippen LogP contribution in [0.3, 0.4) is 0 Å². The highest BCUT2D eigenvalue weighted by Crippen LogP contribution is 2.18. The summed E-state index contributed by atoms with van der Waals surface area (Å²) in [5.74, 6) is 0.607. The average molecular weight is 248 g/mol. The van der Waals surface area contributed by atoms with Crippen molar-refractivity contribution in [3.8, 4) is 0 Å². The number of rotatable bonds is 7. The molecule has 0 aliphatic carbocycles. The van der Waals surface area contributed by atoms with Crippen LogP contribution in [0.15, 0.2) is 18.2 Å². The van der Waals surface area contributed by atoms with Crippen LogP contribution < -0.4 is 11.1 Å². The van der Waals surface area contributed by atoms with Crippen LogP contribution in [0.4, 0.5) is 0 Å². The second-order valence-electron chi connectivity index (χ2n) is 5.61. The molecule has 18 heavy (non-hydrogen) atoms. The molecule has 0 aromatic heterocycles. The lowest BCUT2D eigenvalue weighted by Gasteiger charge is -2.12. The molecule has 1 rings (SSSR count). The SMILES string of the molecule is Cc1ccc(C(C)C)cc1CCNCCC(C)N. The van der Waals surface area contributed by atoms with Gasteiger partial charge in [-0.25, -0.2) is 0 Å². The van der Waals surface area contributed by atoms with Crippen molar-refractivity contribution in [2.75, 3.05) is 13.1 Å². The second-order valence-corrected chi connectivity index (χ2v) is 5.61. The molecule has 0 spiro atoms. The van der Waals surface area contributed by atoms with Crippen LogP contribution >= 0.6 is 0 Å². The monoisotopic (exact) mass is 248 g/mol. The summed E-state index contributed by atoms with van der Waals surface area (Å²) >= 11 is 0. The molecule has 0 aliphatic rings. The largest absolute Gasteiger partial charge is 0.328 e. The van der Waals surface area contributed by atoms with E-state index < -0.39 is 0 Å². The highest BCUT2D eigenvalue weighted by atomic mass is 14.8. The topological polar surface area (TPSA) is 38.0 Å². The molecule has 0 aliphatic heterocycles. The van der Waals surface area contributed by atoms with Crippen molar-refractivity contribution >= 4 is 0 Å². The van der Waals surface area contributed by atoms with Crippen molar-refractivity contribution in [2.45, 2.75) is 52.5 Å². The molecule has 2 nitrogen and oxygen atoms in total. The zero-order valence-electron chi connectivity index (χ0n) is 12.3. The molecule has 0 bridgehead atoms. The van der Waals surface area contributed by atoms with E-state index in [1.165, 1.54) is 16.7 Å². The van der Waals surface area contributed by atoms with E-state index >= 15 is 0 Å². The molecule has 0 saturated carbocycles. The molecule has 102 valence electrons. The Morgan fingerprint density at radius 1 is 1.17 bits per heavy atom. The van der Waals surface area contributed by atoms with Gasteiger partial charge in [0, 0.05) is 6.04 Å². The minimum atomic E-state index is 0.295. The van der Waals surface area contributed by atoms with E-state index in [9.17, 15) is 0 Å². The Bertz CT molecular complexity index is 356. The van der Waals surface area contributed by atoms with Crippen LogP contribution in [0.25, 0.3) is 0 Å². The van der Waals surface area contributed by atoms with E-state index in [0.717, 1.165) is 25.9 Å². The van der Waals surface area contributed by atoms with Crippen molar-refractivity contribution in [1.29, 1.82) is 0 Å². The number of hydrogen-bond acceptors (Lipinski definition) is 2. The second kappa shape index (κ2) is 7.55. The van der Waals surface area contributed by atoms with Gasteiger partial charge < -0.3 is 11.1 Å². The smallest absolute Gasteiger partial charge is 0.00225 e. The molecule has 0 amide bonds. The normalized spacial score (nSPS) is 13.0. The zero-order valence-corrected chi connectivity index (χ0v) is 12.3. The van der Waals surface area contributed by atoms with Crippen molar-refractivity contribution < 1.29 is 0 Å². The first-order chi connectivity index (χ1) is 8.50. The van der Waals surface area contributed by atoms with E-state index in [-0.39, 0.29) is 0 Å². The van der Waals surface area contributed by atoms with Gasteiger partial charge in [-0.1, -0.05) is 32.0 Å². The van der Waals surface area contributed by atoms with Gasteiger partial charge in [-0.15, -0.1) is 0 Å². The Hall–Kier alpha value is -0.860. The third kappa shape index (κ3) is 5.19. The maximum atomic E-state index is 5.72. The zero-order chi connectivity index (χ0) is 13.5. The third-order valence-corrected chi connectivity index (χ3v) is 3.39. The molecule has 1 aromatic rings. The molecule has 0 heterocycles. The van der Waals surface area contributed by atoms with Gasteiger partial charge in [0.05, 0.1) is 0 Å². The minimum Gasteiger partial charge on any atom is -0.328 e. The number of nitrogens with one attached hydrogen (secondary N) is 1. The standard InChI is InChI=1S/C16H28N2/c1-12(2)15-6-5-13(3)16(11-15)8-10-18-9-7-14(4)17/h5-6,11-12,14,18H,7-10,17H2,1-4H3. The molecule has 3 N–H and O–H groups in total. The first kappa shape index (κ1) is 15.2. The molecule has 1 atom stereocenters. The van der Waals surface area contributed by atoms with Gasteiger partial charge in [-0.05, 0) is 62.4 Å². The fourth-order valence-electron chi connectivity index (χ4n) is 2.00. The predicted molar refractivity (Wildman–Crippen MR) is 80.1 cm³/mol. The number of hydrogen-bond donors (Lipinski definition) is 2. The van der Waals surface area contributed by atoms with E-state index in [1.807, 2.05) is 0 Å². The molecule has 1 aromatic carbocycles. The minimum absolute atomic E-state index is 0.295. The highest BCUT2D eigenvalue weighted by Gasteiger charge is 2.03. The summed E-state index contributed by atoms with van der Waals surface area (Å²) in [7, 11) is 0. The molecular formula is C16H28N2. The Kier molecular flexibility index (Phi) is 6.37. The van der Waals surface area contributed by atoms with Crippen molar-refractivity contribution in [1.82, 2.24) is 5.32 Å². The maximum absolute atomic E-state index is 5.72. The van der Waals surface area contributed by atoms with E-state index in [0.29, 0.717) is 12.0 Å². The van der Waals surface area contributed by atoms with Gasteiger partial charge in [0.1, 0.15) is 0 Å². The van der Waals surface area contributed by atoms with E-state index in [4.69, 9.17) is 5.73 Å². The van der Waals surface area contributed by atoms with Crippen LogP contribution in [0.5, 0.6) is 0 Å². The first-order valence-corrected chi connectivity index (χ1v) is 7.06. The molecule has 0 fully saturated rings. The van der Waals surface area contributed by atoms with Crippen LogP contribution in [0, 0.1) is 6.92 Å². The predicted octanol–water partition coefficient (Wildman–Crippen LogP) is 2.99. The van der Waals surface area contributed by atoms with E-state index in [1.54, 1.807) is 0 Å².